The van der Waals surface area contributed by atoms with Crippen LogP contribution in [0, 0.1) is 0 Å². The van der Waals surface area contributed by atoms with Crippen LogP contribution in [-0.2, 0) is 0 Å². The van der Waals surface area contributed by atoms with Gasteiger partial charge in [0.2, 0.25) is 0 Å². The minimum atomic E-state index is 0.843. The topological polar surface area (TPSA) is 43.0 Å². The van der Waals surface area contributed by atoms with E-state index in [-0.39, 0.29) is 0 Å². The summed E-state index contributed by atoms with van der Waals surface area (Å²) in [6.45, 7) is 0. The molecule has 0 amide bonds. The minimum Gasteiger partial charge on any atom is -0.453 e. The highest BCUT2D eigenvalue weighted by molar-refractivity contribution is 7.99. The lowest BCUT2D eigenvalue weighted by atomic mass is 10.0. The average molecular weight is 1520 g/mol. The maximum absolute atomic E-state index is 6.55. The van der Waals surface area contributed by atoms with E-state index in [0.29, 0.717) is 0 Å². The summed E-state index contributed by atoms with van der Waals surface area (Å²) >= 11 is 1.85. The van der Waals surface area contributed by atoms with Gasteiger partial charge in [0.1, 0.15) is 0 Å². The molecule has 0 radical (unpaired) electrons. The summed E-state index contributed by atoms with van der Waals surface area (Å²) in [5, 5.41) is 7.44. The second kappa shape index (κ2) is 29.0. The van der Waals surface area contributed by atoms with Crippen LogP contribution in [0.15, 0.2) is 447 Å². The van der Waals surface area contributed by atoms with Crippen molar-refractivity contribution >= 4 is 128 Å². The van der Waals surface area contributed by atoms with E-state index in [0.717, 1.165) is 79.5 Å². The third-order valence-electron chi connectivity index (χ3n) is 22.7. The summed E-state index contributed by atoms with van der Waals surface area (Å²) in [6, 6.07) is 155. The lowest BCUT2D eigenvalue weighted by Crippen LogP contribution is -2.15. The van der Waals surface area contributed by atoms with Crippen LogP contribution in [0.3, 0.4) is 0 Å². The summed E-state index contributed by atoms with van der Waals surface area (Å²) < 4.78 is 20.1. The van der Waals surface area contributed by atoms with Crippen molar-refractivity contribution in [2.24, 2.45) is 0 Å². The number of rotatable bonds is 9. The molecule has 21 aromatic rings. The molecule has 18 aromatic carbocycles. The Morgan fingerprint density at radius 3 is 0.991 bits per heavy atom. The molecule has 0 N–H and O–H groups in total. The van der Waals surface area contributed by atoms with Gasteiger partial charge in [0.05, 0.1) is 67.2 Å². The second-order valence-corrected chi connectivity index (χ2v) is 30.6. The van der Waals surface area contributed by atoms with Gasteiger partial charge in [0.15, 0.2) is 23.0 Å². The lowest BCUT2D eigenvalue weighted by molar-refractivity contribution is 0.477. The van der Waals surface area contributed by atoms with E-state index in [1.54, 1.807) is 0 Å². The number of hydrogen-bond donors (Lipinski definition) is 0. The molecule has 117 heavy (non-hydrogen) atoms. The first-order valence-electron chi connectivity index (χ1n) is 39.6. The predicted octanol–water partition coefficient (Wildman–Crippen LogP) is 30.4. The Bertz CT molecular complexity index is 7060. The van der Waals surface area contributed by atoms with Crippen LogP contribution in [-0.4, -0.2) is 13.7 Å². The summed E-state index contributed by atoms with van der Waals surface area (Å²) in [5.41, 5.74) is 27.8. The van der Waals surface area contributed by atoms with Crippen LogP contribution in [0.25, 0.3) is 116 Å². The van der Waals surface area contributed by atoms with E-state index in [1.165, 1.54) is 120 Å². The van der Waals surface area contributed by atoms with Crippen molar-refractivity contribution in [3.05, 3.63) is 437 Å². The first-order chi connectivity index (χ1) is 58.0. The molecule has 9 heteroatoms. The number of ether oxygens (including phenoxy) is 2. The number of fused-ring (bicyclic) bond motifs is 15. The third kappa shape index (κ3) is 12.1. The zero-order chi connectivity index (χ0) is 77.3. The quantitative estimate of drug-likeness (QED) is 0.143. The molecule has 0 unspecified atom stereocenters. The Morgan fingerprint density at radius 2 is 0.479 bits per heavy atom. The van der Waals surface area contributed by atoms with Gasteiger partial charge in [-0.05, 0) is 215 Å². The highest BCUT2D eigenvalue weighted by Gasteiger charge is 2.31. The molecule has 0 fully saturated rings. The number of anilines is 9. The molecule has 0 spiro atoms. The first-order valence-corrected chi connectivity index (χ1v) is 40.4. The molecule has 6 heterocycles. The normalized spacial score (nSPS) is 12.3. The van der Waals surface area contributed by atoms with Crippen molar-refractivity contribution in [2.45, 2.75) is 9.79 Å². The second-order valence-electron chi connectivity index (χ2n) is 29.5. The van der Waals surface area contributed by atoms with Gasteiger partial charge in [-0.25, -0.2) is 0 Å². The Kier molecular flexibility index (Phi) is 17.0. The predicted molar refractivity (Wildman–Crippen MR) is 487 cm³/mol. The molecule has 0 bridgehead atoms. The Morgan fingerprint density at radius 1 is 0.162 bits per heavy atom. The Hall–Kier alpha value is -15.3. The summed E-state index contributed by atoms with van der Waals surface area (Å²) in [4.78, 5) is 9.49. The smallest absolute Gasteiger partial charge is 0.153 e. The van der Waals surface area contributed by atoms with Gasteiger partial charge in [-0.3, -0.25) is 0 Å². The number of aromatic nitrogens is 3. The van der Waals surface area contributed by atoms with E-state index in [4.69, 9.17) is 9.47 Å². The molecular weight excluding hydrogens is 1450 g/mol. The highest BCUT2D eigenvalue weighted by atomic mass is 32.2. The van der Waals surface area contributed by atoms with Crippen molar-refractivity contribution in [2.75, 3.05) is 14.7 Å². The first kappa shape index (κ1) is 68.5. The zero-order valence-electron chi connectivity index (χ0n) is 63.5. The number of nitrogens with zero attached hydrogens (tertiary/aromatic N) is 6. The molecule has 552 valence electrons. The average Bonchev–Trinajstić information content (AvgIpc) is 1.58. The fourth-order valence-electron chi connectivity index (χ4n) is 17.4. The van der Waals surface area contributed by atoms with E-state index in [2.05, 4.69) is 435 Å². The minimum absolute atomic E-state index is 0.843. The fourth-order valence-corrected chi connectivity index (χ4v) is 18.5. The largest absolute Gasteiger partial charge is 0.453 e. The zero-order valence-corrected chi connectivity index (χ0v) is 64.3. The third-order valence-corrected chi connectivity index (χ3v) is 23.8. The van der Waals surface area contributed by atoms with Gasteiger partial charge < -0.3 is 37.9 Å². The van der Waals surface area contributed by atoms with E-state index in [1.807, 2.05) is 42.1 Å². The molecule has 0 atom stereocenters. The monoisotopic (exact) mass is 1520 g/mol. The van der Waals surface area contributed by atoms with Crippen molar-refractivity contribution in [1.82, 2.24) is 13.7 Å². The van der Waals surface area contributed by atoms with Crippen LogP contribution in [0.4, 0.5) is 51.2 Å². The van der Waals surface area contributed by atoms with Crippen molar-refractivity contribution in [1.29, 1.82) is 0 Å². The van der Waals surface area contributed by atoms with E-state index < -0.39 is 0 Å². The number of para-hydroxylation sites is 13. The van der Waals surface area contributed by atoms with Crippen LogP contribution >= 0.6 is 11.8 Å². The Labute approximate surface area is 681 Å². The van der Waals surface area contributed by atoms with E-state index in [9.17, 15) is 0 Å². The van der Waals surface area contributed by atoms with Crippen LogP contribution in [0.2, 0.25) is 0 Å². The van der Waals surface area contributed by atoms with Gasteiger partial charge in [-0.2, -0.15) is 0 Å². The number of hydrogen-bond acceptors (Lipinski definition) is 6. The molecule has 24 rings (SSSR count). The molecule has 3 aliphatic heterocycles. The maximum atomic E-state index is 6.55. The van der Waals surface area contributed by atoms with Gasteiger partial charge in [-0.1, -0.05) is 260 Å². The van der Waals surface area contributed by atoms with Crippen LogP contribution in [0.1, 0.15) is 0 Å². The molecular formula is C108H72N6O2S. The van der Waals surface area contributed by atoms with Crippen molar-refractivity contribution < 1.29 is 9.47 Å². The van der Waals surface area contributed by atoms with Crippen molar-refractivity contribution in [3.8, 4) is 73.4 Å². The molecule has 0 saturated carbocycles. The summed E-state index contributed by atoms with van der Waals surface area (Å²) in [6.07, 6.45) is 0. The van der Waals surface area contributed by atoms with Gasteiger partial charge in [-0.15, -0.1) is 0 Å². The van der Waals surface area contributed by atoms with Crippen molar-refractivity contribution in [3.63, 3.8) is 0 Å². The molecule has 3 aromatic heterocycles. The summed E-state index contributed by atoms with van der Waals surface area (Å²) in [5.74, 6) is 3.40. The summed E-state index contributed by atoms with van der Waals surface area (Å²) in [7, 11) is 0. The highest BCUT2D eigenvalue weighted by Crippen LogP contribution is 2.56. The fraction of sp³-hybridized carbons (Fsp3) is 0. The molecule has 0 aliphatic carbocycles. The molecule has 3 aliphatic rings. The maximum Gasteiger partial charge on any atom is 0.153 e. The molecule has 0 saturated heterocycles. The Balaban J connectivity index is 0.000000106. The van der Waals surface area contributed by atoms with Gasteiger partial charge in [0.25, 0.3) is 0 Å². The van der Waals surface area contributed by atoms with Crippen LogP contribution in [0.5, 0.6) is 23.0 Å². The van der Waals surface area contributed by atoms with Gasteiger partial charge in [0, 0.05) is 82.3 Å². The lowest BCUT2D eigenvalue weighted by Gasteiger charge is -2.33. The SMILES string of the molecule is c1ccc(-c2ccc(-n3c4ccccc4c4cc5c(cc43)Oc3ccccc3N5c3ccccc3)cc2)cc1.c1ccc(N2c3ccccc3Oc3cc(-c4ccc5c(c4)c4ccccc4n5-c4ccccc4)ccc32)cc1.c1ccc(N2c3ccccc3Sc3cc(-c4ccc5c(c4)c4ccccc4n5-c4ccccc4)ccc32)cc1. The van der Waals surface area contributed by atoms with E-state index >= 15 is 0 Å². The van der Waals surface area contributed by atoms with Crippen LogP contribution < -0.4 is 24.2 Å². The number of benzene rings is 18. The molecule has 8 nitrogen and oxygen atoms in total. The van der Waals surface area contributed by atoms with Gasteiger partial charge >= 0.3 is 0 Å². The standard InChI is InChI=1S/2C36H24N2O.C36H24N2S/c1-3-11-27(12-4-1)37-31-16-8-7-15-29(31)30-23-25(19-21-32(30)37)26-20-22-34-36(24-26)39-35-18-10-9-17-33(35)38(34)28-13-5-2-6-14-28;1-3-11-25(12-4-1)26-19-21-28(22-20-26)37-31-16-8-7-15-29(31)30-23-34-36(24-33(30)37)39-35-18-10-9-17-32(35)38(34)27-13-5-2-6-14-27;1-3-11-27(12-4-1)37-31-16-8-7-15-29(31)30-23-25(19-21-32(30)37)26-20-22-34-36(24-26)39-35-18-10-9-17-33(35)38(34)28-13-5-2-6-14-28/h3*1-24H.